The number of hydrogen-bond acceptors (Lipinski definition) is 5. The van der Waals surface area contributed by atoms with Crippen molar-refractivity contribution in [3.8, 4) is 6.07 Å². The molecule has 0 radical (unpaired) electrons. The molecule has 18 heavy (non-hydrogen) atoms. The lowest BCUT2D eigenvalue weighted by molar-refractivity contribution is 0.0685. The zero-order chi connectivity index (χ0) is 13.0. The van der Waals surface area contributed by atoms with Gasteiger partial charge in [0.1, 0.15) is 17.9 Å². The third-order valence-corrected chi connectivity index (χ3v) is 2.79. The van der Waals surface area contributed by atoms with Crippen molar-refractivity contribution in [2.24, 2.45) is 0 Å². The average molecular weight is 247 g/mol. The van der Waals surface area contributed by atoms with Crippen LogP contribution in [0.2, 0.25) is 0 Å². The molecule has 2 heterocycles. The molecule has 1 N–H and O–H groups in total. The molecule has 6 nitrogen and oxygen atoms in total. The summed E-state index contributed by atoms with van der Waals surface area (Å²) in [6.07, 6.45) is 1.26. The van der Waals surface area contributed by atoms with Gasteiger partial charge < -0.3 is 14.8 Å². The first-order valence-corrected chi connectivity index (χ1v) is 5.52. The van der Waals surface area contributed by atoms with E-state index in [9.17, 15) is 4.79 Å². The molecule has 1 amide bonds. The first kappa shape index (κ1) is 12.5. The fourth-order valence-electron chi connectivity index (χ4n) is 1.75. The molecule has 2 rings (SSSR count). The van der Waals surface area contributed by atoms with Crippen molar-refractivity contribution in [1.82, 2.24) is 10.3 Å². The molecular formula is C12H13N3O3. The van der Waals surface area contributed by atoms with Crippen LogP contribution >= 0.6 is 0 Å². The third kappa shape index (κ3) is 2.64. The summed E-state index contributed by atoms with van der Waals surface area (Å²) in [5.74, 6) is -0.246. The second kappa shape index (κ2) is 5.58. The van der Waals surface area contributed by atoms with Gasteiger partial charge in [0.05, 0.1) is 24.8 Å². The summed E-state index contributed by atoms with van der Waals surface area (Å²) in [5.41, 5.74) is 0.696. The van der Waals surface area contributed by atoms with E-state index >= 15 is 0 Å². The summed E-state index contributed by atoms with van der Waals surface area (Å²) in [6.45, 7) is 0.918. The lowest BCUT2D eigenvalue weighted by Crippen LogP contribution is -2.43. The van der Waals surface area contributed by atoms with Gasteiger partial charge in [0.25, 0.3) is 5.91 Å². The number of nitriles is 1. The zero-order valence-corrected chi connectivity index (χ0v) is 9.92. The molecular weight excluding hydrogens is 234 g/mol. The van der Waals surface area contributed by atoms with Crippen LogP contribution in [0.15, 0.2) is 18.3 Å². The Bertz CT molecular complexity index is 466. The van der Waals surface area contributed by atoms with Gasteiger partial charge in [-0.2, -0.15) is 5.26 Å². The predicted octanol–water partition coefficient (Wildman–Crippen LogP) is 0.0969. The molecule has 2 atom stereocenters. The summed E-state index contributed by atoms with van der Waals surface area (Å²) in [4.78, 5) is 15.8. The molecule has 94 valence electrons. The van der Waals surface area contributed by atoms with Gasteiger partial charge in [0, 0.05) is 13.3 Å². The van der Waals surface area contributed by atoms with Gasteiger partial charge in [-0.1, -0.05) is 0 Å². The van der Waals surface area contributed by atoms with Gasteiger partial charge in [-0.05, 0) is 12.1 Å². The number of amides is 1. The van der Waals surface area contributed by atoms with Gasteiger partial charge in [-0.15, -0.1) is 0 Å². The predicted molar refractivity (Wildman–Crippen MR) is 61.8 cm³/mol. The molecule has 0 unspecified atom stereocenters. The second-order valence-corrected chi connectivity index (χ2v) is 3.94. The fraction of sp³-hybridized carbons (Fsp3) is 0.417. The lowest BCUT2D eigenvalue weighted by atomic mass is 10.2. The summed E-state index contributed by atoms with van der Waals surface area (Å²) < 4.78 is 10.4. The van der Waals surface area contributed by atoms with Crippen molar-refractivity contribution < 1.29 is 14.3 Å². The van der Waals surface area contributed by atoms with Gasteiger partial charge in [-0.3, -0.25) is 4.79 Å². The van der Waals surface area contributed by atoms with Crippen LogP contribution in [0.4, 0.5) is 0 Å². The van der Waals surface area contributed by atoms with Crippen LogP contribution in [0.5, 0.6) is 0 Å². The normalized spacial score (nSPS) is 22.4. The Kier molecular flexibility index (Phi) is 3.87. The highest BCUT2D eigenvalue weighted by atomic mass is 16.5. The molecule has 0 saturated carbocycles. The molecule has 0 aromatic carbocycles. The minimum atomic E-state index is -0.246. The Morgan fingerprint density at radius 3 is 3.06 bits per heavy atom. The second-order valence-electron chi connectivity index (χ2n) is 3.94. The quantitative estimate of drug-likeness (QED) is 0.818. The van der Waals surface area contributed by atoms with E-state index in [0.29, 0.717) is 18.8 Å². The molecule has 1 saturated heterocycles. The van der Waals surface area contributed by atoms with E-state index in [1.807, 2.05) is 6.07 Å². The minimum Gasteiger partial charge on any atom is -0.377 e. The molecule has 1 aromatic rings. The first-order valence-electron chi connectivity index (χ1n) is 5.52. The van der Waals surface area contributed by atoms with Crippen LogP contribution in [0.3, 0.4) is 0 Å². The Balaban J connectivity index is 2.01. The standard InChI is InChI=1S/C12H13N3O3/c1-17-11-7-18-6-10(11)15-12(16)8-2-3-9(4-13)14-5-8/h2-3,5,10-11H,6-7H2,1H3,(H,15,16)/t10-,11-/m0/s1. The largest absolute Gasteiger partial charge is 0.377 e. The van der Waals surface area contributed by atoms with Crippen LogP contribution in [-0.2, 0) is 9.47 Å². The van der Waals surface area contributed by atoms with Crippen molar-refractivity contribution >= 4 is 5.91 Å². The van der Waals surface area contributed by atoms with E-state index in [2.05, 4.69) is 10.3 Å². The molecule has 0 bridgehead atoms. The van der Waals surface area contributed by atoms with Crippen molar-refractivity contribution in [2.75, 3.05) is 20.3 Å². The Hall–Kier alpha value is -1.97. The number of nitrogens with zero attached hydrogens (tertiary/aromatic N) is 2. The van der Waals surface area contributed by atoms with Crippen molar-refractivity contribution in [3.63, 3.8) is 0 Å². The van der Waals surface area contributed by atoms with Crippen molar-refractivity contribution in [1.29, 1.82) is 5.26 Å². The SMILES string of the molecule is CO[C@H]1COC[C@@H]1NC(=O)c1ccc(C#N)nc1. The van der Waals surface area contributed by atoms with Crippen molar-refractivity contribution in [2.45, 2.75) is 12.1 Å². The molecule has 1 aliphatic heterocycles. The van der Waals surface area contributed by atoms with E-state index in [1.54, 1.807) is 13.2 Å². The van der Waals surface area contributed by atoms with Crippen LogP contribution in [0.25, 0.3) is 0 Å². The van der Waals surface area contributed by atoms with E-state index < -0.39 is 0 Å². The number of carbonyl (C=O) groups is 1. The Labute approximate surface area is 105 Å². The molecule has 6 heteroatoms. The summed E-state index contributed by atoms with van der Waals surface area (Å²) in [7, 11) is 1.59. The van der Waals surface area contributed by atoms with E-state index in [4.69, 9.17) is 14.7 Å². The zero-order valence-electron chi connectivity index (χ0n) is 9.92. The highest BCUT2D eigenvalue weighted by Gasteiger charge is 2.29. The third-order valence-electron chi connectivity index (χ3n) is 2.79. The number of ether oxygens (including phenoxy) is 2. The summed E-state index contributed by atoms with van der Waals surface area (Å²) in [6, 6.07) is 4.82. The Morgan fingerprint density at radius 1 is 1.61 bits per heavy atom. The average Bonchev–Trinajstić information content (AvgIpc) is 2.86. The van der Waals surface area contributed by atoms with Crippen molar-refractivity contribution in [3.05, 3.63) is 29.6 Å². The number of aromatic nitrogens is 1. The minimum absolute atomic E-state index is 0.125. The smallest absolute Gasteiger partial charge is 0.253 e. The highest BCUT2D eigenvalue weighted by molar-refractivity contribution is 5.94. The molecule has 1 aliphatic rings. The van der Waals surface area contributed by atoms with Crippen LogP contribution in [0.1, 0.15) is 16.1 Å². The topological polar surface area (TPSA) is 84.2 Å². The maximum Gasteiger partial charge on any atom is 0.253 e. The number of methoxy groups -OCH3 is 1. The monoisotopic (exact) mass is 247 g/mol. The van der Waals surface area contributed by atoms with Crippen LogP contribution in [0, 0.1) is 11.3 Å². The molecule has 1 aromatic heterocycles. The molecule has 1 fully saturated rings. The van der Waals surface area contributed by atoms with E-state index in [0.717, 1.165) is 0 Å². The van der Waals surface area contributed by atoms with E-state index in [-0.39, 0.29) is 23.7 Å². The van der Waals surface area contributed by atoms with Gasteiger partial charge in [-0.25, -0.2) is 4.98 Å². The fourth-order valence-corrected chi connectivity index (χ4v) is 1.75. The Morgan fingerprint density at radius 2 is 2.44 bits per heavy atom. The summed E-state index contributed by atoms with van der Waals surface area (Å²) in [5, 5.41) is 11.4. The van der Waals surface area contributed by atoms with Gasteiger partial charge >= 0.3 is 0 Å². The van der Waals surface area contributed by atoms with Crippen LogP contribution < -0.4 is 5.32 Å². The number of hydrogen-bond donors (Lipinski definition) is 1. The lowest BCUT2D eigenvalue weighted by Gasteiger charge is -2.17. The highest BCUT2D eigenvalue weighted by Crippen LogP contribution is 2.10. The molecule has 0 spiro atoms. The number of nitrogens with one attached hydrogen (secondary N) is 1. The van der Waals surface area contributed by atoms with Crippen LogP contribution in [-0.4, -0.2) is 43.4 Å². The maximum absolute atomic E-state index is 11.9. The summed E-state index contributed by atoms with van der Waals surface area (Å²) >= 11 is 0. The number of rotatable bonds is 3. The first-order chi connectivity index (χ1) is 8.74. The van der Waals surface area contributed by atoms with E-state index in [1.165, 1.54) is 12.3 Å². The maximum atomic E-state index is 11.9. The van der Waals surface area contributed by atoms with Gasteiger partial charge in [0.15, 0.2) is 0 Å². The molecule has 0 aliphatic carbocycles. The number of pyridine rings is 1. The van der Waals surface area contributed by atoms with Gasteiger partial charge in [0.2, 0.25) is 0 Å². The number of carbonyl (C=O) groups excluding carboxylic acids is 1.